The highest BCUT2D eigenvalue weighted by atomic mass is 35.5. The molecule has 2 unspecified atom stereocenters. The van der Waals surface area contributed by atoms with Crippen molar-refractivity contribution in [3.8, 4) is 0 Å². The van der Waals surface area contributed by atoms with Crippen LogP contribution in [0.2, 0.25) is 5.02 Å². The van der Waals surface area contributed by atoms with Crippen molar-refractivity contribution in [2.45, 2.75) is 32.4 Å². The zero-order chi connectivity index (χ0) is 11.9. The third-order valence-electron chi connectivity index (χ3n) is 3.14. The molecule has 2 N–H and O–H groups in total. The zero-order valence-electron chi connectivity index (χ0n) is 9.40. The second-order valence-corrected chi connectivity index (χ2v) is 4.71. The number of halogens is 1. The van der Waals surface area contributed by atoms with E-state index in [1.54, 1.807) is 4.90 Å². The van der Waals surface area contributed by atoms with E-state index in [0.717, 1.165) is 11.3 Å². The van der Waals surface area contributed by atoms with E-state index in [-0.39, 0.29) is 18.0 Å². The van der Waals surface area contributed by atoms with Gasteiger partial charge in [0.15, 0.2) is 0 Å². The van der Waals surface area contributed by atoms with Crippen LogP contribution >= 0.6 is 11.6 Å². The smallest absolute Gasteiger partial charge is 0.228 e. The number of nitrogens with zero attached hydrogens (tertiary/aromatic N) is 1. The predicted octanol–water partition coefficient (Wildman–Crippen LogP) is 2.10. The summed E-state index contributed by atoms with van der Waals surface area (Å²) in [6, 6.07) is 5.59. The maximum atomic E-state index is 11.8. The van der Waals surface area contributed by atoms with Crippen LogP contribution in [-0.2, 0) is 4.79 Å². The van der Waals surface area contributed by atoms with Crippen LogP contribution in [-0.4, -0.2) is 18.0 Å². The Morgan fingerprint density at radius 2 is 2.19 bits per heavy atom. The van der Waals surface area contributed by atoms with Gasteiger partial charge in [-0.05, 0) is 31.5 Å². The van der Waals surface area contributed by atoms with Crippen molar-refractivity contribution in [3.63, 3.8) is 0 Å². The summed E-state index contributed by atoms with van der Waals surface area (Å²) in [7, 11) is 0. The highest BCUT2D eigenvalue weighted by molar-refractivity contribution is 6.31. The molecule has 1 aliphatic heterocycles. The molecule has 86 valence electrons. The third kappa shape index (κ3) is 1.81. The highest BCUT2D eigenvalue weighted by Gasteiger charge is 2.35. The molecule has 0 spiro atoms. The summed E-state index contributed by atoms with van der Waals surface area (Å²) in [4.78, 5) is 13.5. The summed E-state index contributed by atoms with van der Waals surface area (Å²) in [6.45, 7) is 3.90. The van der Waals surface area contributed by atoms with Gasteiger partial charge in [0.2, 0.25) is 5.91 Å². The van der Waals surface area contributed by atoms with Gasteiger partial charge in [0.25, 0.3) is 0 Å². The van der Waals surface area contributed by atoms with Crippen LogP contribution in [0.25, 0.3) is 0 Å². The monoisotopic (exact) mass is 238 g/mol. The van der Waals surface area contributed by atoms with Gasteiger partial charge in [-0.25, -0.2) is 0 Å². The number of hydrogen-bond donors (Lipinski definition) is 1. The summed E-state index contributed by atoms with van der Waals surface area (Å²) < 4.78 is 0. The van der Waals surface area contributed by atoms with Gasteiger partial charge in [0.05, 0.1) is 0 Å². The number of aryl methyl sites for hydroxylation is 1. The number of carbonyl (C=O) groups is 1. The number of hydrogen-bond acceptors (Lipinski definition) is 2. The van der Waals surface area contributed by atoms with E-state index in [1.807, 2.05) is 32.0 Å². The number of rotatable bonds is 1. The van der Waals surface area contributed by atoms with E-state index in [9.17, 15) is 4.79 Å². The number of amides is 1. The van der Waals surface area contributed by atoms with Crippen molar-refractivity contribution in [1.29, 1.82) is 0 Å². The molecular formula is C12H15ClN2O. The summed E-state index contributed by atoms with van der Waals surface area (Å²) in [5.74, 6) is 0.0694. The fraction of sp³-hybridized carbons (Fsp3) is 0.417. The van der Waals surface area contributed by atoms with Crippen LogP contribution < -0.4 is 10.6 Å². The molecule has 1 aromatic rings. The molecule has 16 heavy (non-hydrogen) atoms. The van der Waals surface area contributed by atoms with Crippen LogP contribution in [0.4, 0.5) is 5.69 Å². The van der Waals surface area contributed by atoms with Gasteiger partial charge in [-0.2, -0.15) is 0 Å². The van der Waals surface area contributed by atoms with Gasteiger partial charge in [0, 0.05) is 29.2 Å². The maximum Gasteiger partial charge on any atom is 0.228 e. The van der Waals surface area contributed by atoms with E-state index in [1.165, 1.54) is 0 Å². The Morgan fingerprint density at radius 1 is 1.50 bits per heavy atom. The fourth-order valence-electron chi connectivity index (χ4n) is 2.00. The van der Waals surface area contributed by atoms with E-state index in [0.29, 0.717) is 11.4 Å². The average Bonchev–Trinajstić information content (AvgIpc) is 2.47. The lowest BCUT2D eigenvalue weighted by molar-refractivity contribution is -0.117. The Kier molecular flexibility index (Phi) is 2.91. The Balaban J connectivity index is 2.37. The minimum atomic E-state index is -0.0902. The van der Waals surface area contributed by atoms with E-state index < -0.39 is 0 Å². The number of carbonyl (C=O) groups excluding carboxylic acids is 1. The van der Waals surface area contributed by atoms with Gasteiger partial charge in [0.1, 0.15) is 0 Å². The van der Waals surface area contributed by atoms with Gasteiger partial charge in [-0.1, -0.05) is 17.7 Å². The van der Waals surface area contributed by atoms with E-state index in [4.69, 9.17) is 17.3 Å². The Bertz CT molecular complexity index is 433. The molecular weight excluding hydrogens is 224 g/mol. The number of anilines is 1. The molecule has 1 fully saturated rings. The van der Waals surface area contributed by atoms with E-state index >= 15 is 0 Å². The van der Waals surface area contributed by atoms with Crippen LogP contribution in [0.3, 0.4) is 0 Å². The standard InChI is InChI=1S/C12H15ClN2O/c1-7-3-4-9(5-10(7)13)15-8(2)11(14)6-12(15)16/h3-5,8,11H,6,14H2,1-2H3. The number of nitrogens with two attached hydrogens (primary N) is 1. The largest absolute Gasteiger partial charge is 0.325 e. The van der Waals surface area contributed by atoms with Crippen LogP contribution in [0, 0.1) is 6.92 Å². The first kappa shape index (κ1) is 11.4. The maximum absolute atomic E-state index is 11.8. The molecule has 2 rings (SSSR count). The first-order valence-electron chi connectivity index (χ1n) is 5.34. The molecule has 0 aliphatic carbocycles. The lowest BCUT2D eigenvalue weighted by atomic mass is 10.1. The Labute approximate surface area is 100 Å². The summed E-state index contributed by atoms with van der Waals surface area (Å²) >= 11 is 6.05. The van der Waals surface area contributed by atoms with Crippen molar-refractivity contribution in [3.05, 3.63) is 28.8 Å². The van der Waals surface area contributed by atoms with Gasteiger partial charge in [-0.3, -0.25) is 4.79 Å². The Hall–Kier alpha value is -1.06. The molecule has 1 aliphatic rings. The molecule has 2 atom stereocenters. The van der Waals surface area contributed by atoms with E-state index in [2.05, 4.69) is 0 Å². The van der Waals surface area contributed by atoms with Crippen molar-refractivity contribution in [2.75, 3.05) is 4.90 Å². The predicted molar refractivity (Wildman–Crippen MR) is 65.7 cm³/mol. The fourth-order valence-corrected chi connectivity index (χ4v) is 2.17. The van der Waals surface area contributed by atoms with Crippen LogP contribution in [0.15, 0.2) is 18.2 Å². The topological polar surface area (TPSA) is 46.3 Å². The minimum Gasteiger partial charge on any atom is -0.325 e. The van der Waals surface area contributed by atoms with Crippen LogP contribution in [0.1, 0.15) is 18.9 Å². The number of benzene rings is 1. The molecule has 4 heteroatoms. The molecule has 0 radical (unpaired) electrons. The average molecular weight is 239 g/mol. The summed E-state index contributed by atoms with van der Waals surface area (Å²) in [5, 5.41) is 0.679. The van der Waals surface area contributed by atoms with Crippen molar-refractivity contribution in [1.82, 2.24) is 0 Å². The molecule has 0 aromatic heterocycles. The molecule has 1 heterocycles. The van der Waals surface area contributed by atoms with Gasteiger partial charge in [-0.15, -0.1) is 0 Å². The lowest BCUT2D eigenvalue weighted by Crippen LogP contribution is -2.37. The molecule has 1 aromatic carbocycles. The highest BCUT2D eigenvalue weighted by Crippen LogP contribution is 2.29. The molecule has 1 saturated heterocycles. The first-order valence-corrected chi connectivity index (χ1v) is 5.72. The normalized spacial score (nSPS) is 25.2. The minimum absolute atomic E-state index is 0.0336. The van der Waals surface area contributed by atoms with Crippen LogP contribution in [0.5, 0.6) is 0 Å². The van der Waals surface area contributed by atoms with Crippen molar-refractivity contribution >= 4 is 23.2 Å². The lowest BCUT2D eigenvalue weighted by Gasteiger charge is -2.23. The second kappa shape index (κ2) is 4.07. The van der Waals surface area contributed by atoms with Gasteiger partial charge >= 0.3 is 0 Å². The SMILES string of the molecule is Cc1ccc(N2C(=O)CC(N)C2C)cc1Cl. The third-order valence-corrected chi connectivity index (χ3v) is 3.55. The molecule has 0 bridgehead atoms. The second-order valence-electron chi connectivity index (χ2n) is 4.31. The Morgan fingerprint density at radius 3 is 2.69 bits per heavy atom. The van der Waals surface area contributed by atoms with Crippen molar-refractivity contribution in [2.24, 2.45) is 5.73 Å². The quantitative estimate of drug-likeness (QED) is 0.815. The first-order chi connectivity index (χ1) is 7.50. The van der Waals surface area contributed by atoms with Crippen molar-refractivity contribution < 1.29 is 4.79 Å². The summed E-state index contributed by atoms with van der Waals surface area (Å²) in [5.41, 5.74) is 7.71. The zero-order valence-corrected chi connectivity index (χ0v) is 10.2. The van der Waals surface area contributed by atoms with Gasteiger partial charge < -0.3 is 10.6 Å². The molecule has 1 amide bonds. The molecule has 3 nitrogen and oxygen atoms in total. The molecule has 0 saturated carbocycles. The summed E-state index contributed by atoms with van der Waals surface area (Å²) in [6.07, 6.45) is 0.409.